The summed E-state index contributed by atoms with van der Waals surface area (Å²) >= 11 is 6.35. The average Bonchev–Trinajstić information content (AvgIpc) is 2.90. The first-order valence-electron chi connectivity index (χ1n) is 5.94. The van der Waals surface area contributed by atoms with Crippen molar-refractivity contribution >= 4 is 11.6 Å². The molecule has 1 aromatic rings. The van der Waals surface area contributed by atoms with E-state index < -0.39 is 0 Å². The fraction of sp³-hybridized carbons (Fsp3) is 0.538. The van der Waals surface area contributed by atoms with Gasteiger partial charge in [-0.25, -0.2) is 0 Å². The monoisotopic (exact) mass is 271 g/mol. The van der Waals surface area contributed by atoms with Gasteiger partial charge in [-0.1, -0.05) is 11.6 Å². The highest BCUT2D eigenvalue weighted by Gasteiger charge is 2.27. The Hall–Kier alpha value is -1.13. The van der Waals surface area contributed by atoms with Crippen LogP contribution in [-0.2, 0) is 0 Å². The minimum absolute atomic E-state index is 0.215. The number of methoxy groups -OCH3 is 3. The van der Waals surface area contributed by atoms with Gasteiger partial charge in [-0.05, 0) is 19.4 Å². The number of benzene rings is 1. The Kier molecular flexibility index (Phi) is 4.19. The maximum atomic E-state index is 6.35. The quantitative estimate of drug-likeness (QED) is 0.914. The van der Waals surface area contributed by atoms with Gasteiger partial charge in [0.1, 0.15) is 0 Å². The molecular weight excluding hydrogens is 254 g/mol. The van der Waals surface area contributed by atoms with E-state index in [4.69, 9.17) is 25.8 Å². The molecular formula is C13H18ClNO3. The fourth-order valence-corrected chi connectivity index (χ4v) is 2.72. The number of hydrogen-bond acceptors (Lipinski definition) is 4. The van der Waals surface area contributed by atoms with Gasteiger partial charge in [0, 0.05) is 17.7 Å². The topological polar surface area (TPSA) is 39.7 Å². The molecule has 1 heterocycles. The number of rotatable bonds is 4. The third-order valence-electron chi connectivity index (χ3n) is 3.23. The van der Waals surface area contributed by atoms with Crippen molar-refractivity contribution < 1.29 is 14.2 Å². The van der Waals surface area contributed by atoms with Crippen molar-refractivity contribution in [3.63, 3.8) is 0 Å². The Morgan fingerprint density at radius 3 is 2.39 bits per heavy atom. The smallest absolute Gasteiger partial charge is 0.203 e. The molecule has 2 rings (SSSR count). The van der Waals surface area contributed by atoms with Gasteiger partial charge in [0.2, 0.25) is 5.75 Å². The molecule has 1 saturated heterocycles. The molecule has 5 heteroatoms. The first-order valence-corrected chi connectivity index (χ1v) is 6.32. The third-order valence-corrected chi connectivity index (χ3v) is 3.54. The summed E-state index contributed by atoms with van der Waals surface area (Å²) in [5.74, 6) is 1.83. The second-order valence-corrected chi connectivity index (χ2v) is 4.60. The van der Waals surface area contributed by atoms with Crippen LogP contribution >= 0.6 is 11.6 Å². The summed E-state index contributed by atoms with van der Waals surface area (Å²) in [4.78, 5) is 0. The van der Waals surface area contributed by atoms with Crippen LogP contribution in [0.3, 0.4) is 0 Å². The van der Waals surface area contributed by atoms with E-state index in [2.05, 4.69) is 5.32 Å². The standard InChI is InChI=1S/C13H18ClNO3/c1-16-10-7-8(14)11(9-5-4-6-15-9)13(18-3)12(10)17-2/h7,9,15H,4-6H2,1-3H3. The molecule has 18 heavy (non-hydrogen) atoms. The highest BCUT2D eigenvalue weighted by molar-refractivity contribution is 6.32. The van der Waals surface area contributed by atoms with Crippen molar-refractivity contribution in [2.75, 3.05) is 27.9 Å². The Morgan fingerprint density at radius 1 is 1.17 bits per heavy atom. The Labute approximate surface area is 112 Å². The van der Waals surface area contributed by atoms with Gasteiger partial charge >= 0.3 is 0 Å². The molecule has 1 unspecified atom stereocenters. The van der Waals surface area contributed by atoms with Crippen molar-refractivity contribution in [3.05, 3.63) is 16.7 Å². The van der Waals surface area contributed by atoms with E-state index >= 15 is 0 Å². The minimum Gasteiger partial charge on any atom is -0.493 e. The first kappa shape index (κ1) is 13.3. The molecule has 0 radical (unpaired) electrons. The van der Waals surface area contributed by atoms with Gasteiger partial charge in [0.15, 0.2) is 11.5 Å². The summed E-state index contributed by atoms with van der Waals surface area (Å²) in [6.07, 6.45) is 2.18. The van der Waals surface area contributed by atoms with Crippen LogP contribution in [0.1, 0.15) is 24.4 Å². The van der Waals surface area contributed by atoms with E-state index in [1.165, 1.54) is 0 Å². The number of hydrogen-bond donors (Lipinski definition) is 1. The van der Waals surface area contributed by atoms with Crippen molar-refractivity contribution in [1.82, 2.24) is 5.32 Å². The largest absolute Gasteiger partial charge is 0.493 e. The minimum atomic E-state index is 0.215. The molecule has 1 atom stereocenters. The van der Waals surface area contributed by atoms with Crippen LogP contribution in [0.4, 0.5) is 0 Å². The highest BCUT2D eigenvalue weighted by Crippen LogP contribution is 2.47. The van der Waals surface area contributed by atoms with E-state index in [1.54, 1.807) is 27.4 Å². The highest BCUT2D eigenvalue weighted by atomic mass is 35.5. The first-order chi connectivity index (χ1) is 8.72. The van der Waals surface area contributed by atoms with Crippen LogP contribution < -0.4 is 19.5 Å². The lowest BCUT2D eigenvalue weighted by atomic mass is 10.0. The van der Waals surface area contributed by atoms with E-state index in [9.17, 15) is 0 Å². The van der Waals surface area contributed by atoms with Gasteiger partial charge in [-0.15, -0.1) is 0 Å². The van der Waals surface area contributed by atoms with Crippen LogP contribution in [0, 0.1) is 0 Å². The lowest BCUT2D eigenvalue weighted by molar-refractivity contribution is 0.320. The maximum absolute atomic E-state index is 6.35. The lowest BCUT2D eigenvalue weighted by Gasteiger charge is -2.21. The van der Waals surface area contributed by atoms with E-state index in [0.717, 1.165) is 24.9 Å². The van der Waals surface area contributed by atoms with Gasteiger partial charge < -0.3 is 19.5 Å². The fourth-order valence-electron chi connectivity index (χ4n) is 2.40. The summed E-state index contributed by atoms with van der Waals surface area (Å²) in [5, 5.41) is 4.06. The molecule has 0 amide bonds. The molecule has 0 saturated carbocycles. The maximum Gasteiger partial charge on any atom is 0.203 e. The molecule has 1 aliphatic rings. The van der Waals surface area contributed by atoms with E-state index in [1.807, 2.05) is 0 Å². The van der Waals surface area contributed by atoms with Crippen molar-refractivity contribution in [1.29, 1.82) is 0 Å². The van der Waals surface area contributed by atoms with E-state index in [-0.39, 0.29) is 6.04 Å². The third kappa shape index (κ3) is 2.22. The molecule has 4 nitrogen and oxygen atoms in total. The summed E-state index contributed by atoms with van der Waals surface area (Å²) in [7, 11) is 4.80. The Morgan fingerprint density at radius 2 is 1.89 bits per heavy atom. The van der Waals surface area contributed by atoms with Gasteiger partial charge in [0.25, 0.3) is 0 Å². The molecule has 1 aliphatic heterocycles. The van der Waals surface area contributed by atoms with Crippen LogP contribution in [0.25, 0.3) is 0 Å². The molecule has 1 N–H and O–H groups in total. The number of ether oxygens (including phenoxy) is 3. The zero-order chi connectivity index (χ0) is 13.1. The predicted molar refractivity (Wildman–Crippen MR) is 71.1 cm³/mol. The van der Waals surface area contributed by atoms with Crippen molar-refractivity contribution in [3.8, 4) is 17.2 Å². The molecule has 1 aromatic carbocycles. The molecule has 0 aliphatic carbocycles. The summed E-state index contributed by atoms with van der Waals surface area (Å²) in [5.41, 5.74) is 0.953. The number of halogens is 1. The normalized spacial score (nSPS) is 18.8. The van der Waals surface area contributed by atoms with Gasteiger partial charge in [0.05, 0.1) is 26.4 Å². The summed E-state index contributed by atoms with van der Waals surface area (Å²) in [6, 6.07) is 1.99. The SMILES string of the molecule is COc1cc(Cl)c(C2CCCN2)c(OC)c1OC. The molecule has 0 aromatic heterocycles. The average molecular weight is 272 g/mol. The van der Waals surface area contributed by atoms with Crippen molar-refractivity contribution in [2.45, 2.75) is 18.9 Å². The van der Waals surface area contributed by atoms with Crippen molar-refractivity contribution in [2.24, 2.45) is 0 Å². The Balaban J connectivity index is 2.56. The molecule has 1 fully saturated rings. The van der Waals surface area contributed by atoms with Gasteiger partial charge in [-0.2, -0.15) is 0 Å². The molecule has 0 bridgehead atoms. The van der Waals surface area contributed by atoms with Crippen LogP contribution in [0.5, 0.6) is 17.2 Å². The lowest BCUT2D eigenvalue weighted by Crippen LogP contribution is -2.15. The Bertz CT molecular complexity index is 431. The predicted octanol–water partition coefficient (Wildman–Crippen LogP) is 2.79. The van der Waals surface area contributed by atoms with E-state index in [0.29, 0.717) is 22.3 Å². The zero-order valence-corrected chi connectivity index (χ0v) is 11.6. The van der Waals surface area contributed by atoms with Crippen LogP contribution in [0.2, 0.25) is 5.02 Å². The molecule has 100 valence electrons. The second kappa shape index (κ2) is 5.67. The second-order valence-electron chi connectivity index (χ2n) is 4.19. The molecule has 0 spiro atoms. The number of nitrogens with one attached hydrogen (secondary N) is 1. The zero-order valence-electron chi connectivity index (χ0n) is 10.9. The summed E-state index contributed by atoms with van der Waals surface area (Å²) in [6.45, 7) is 0.999. The van der Waals surface area contributed by atoms with Crippen LogP contribution in [0.15, 0.2) is 6.07 Å². The summed E-state index contributed by atoms with van der Waals surface area (Å²) < 4.78 is 16.1. The van der Waals surface area contributed by atoms with Gasteiger partial charge in [-0.3, -0.25) is 0 Å². The van der Waals surface area contributed by atoms with Crippen LogP contribution in [-0.4, -0.2) is 27.9 Å².